The Morgan fingerprint density at radius 2 is 1.85 bits per heavy atom. The third-order valence-electron chi connectivity index (χ3n) is 4.15. The third kappa shape index (κ3) is 5.68. The zero-order valence-electron chi connectivity index (χ0n) is 15.1. The van der Waals surface area contributed by atoms with Crippen LogP contribution in [-0.2, 0) is 22.6 Å². The van der Waals surface area contributed by atoms with E-state index in [0.717, 1.165) is 5.56 Å². The number of hydrogen-bond acceptors (Lipinski definition) is 2. The van der Waals surface area contributed by atoms with Crippen molar-refractivity contribution in [3.05, 3.63) is 69.5 Å². The predicted molar refractivity (Wildman–Crippen MR) is 105 cm³/mol. The van der Waals surface area contributed by atoms with Crippen LogP contribution in [0.3, 0.4) is 0 Å². The van der Waals surface area contributed by atoms with Crippen LogP contribution in [0.1, 0.15) is 25.0 Å². The van der Waals surface area contributed by atoms with E-state index in [2.05, 4.69) is 5.32 Å². The van der Waals surface area contributed by atoms with Crippen molar-refractivity contribution in [2.75, 3.05) is 6.54 Å². The number of carbonyl (C=O) groups is 2. The Labute approximate surface area is 168 Å². The monoisotopic (exact) mass is 410 g/mol. The summed E-state index contributed by atoms with van der Waals surface area (Å²) in [4.78, 5) is 26.6. The molecular formula is C20H21Cl2FN2O2. The summed E-state index contributed by atoms with van der Waals surface area (Å²) in [6.07, 6.45) is -0.141. The lowest BCUT2D eigenvalue weighted by Gasteiger charge is -2.29. The molecule has 2 amide bonds. The summed E-state index contributed by atoms with van der Waals surface area (Å²) in [5, 5.41) is 3.47. The topological polar surface area (TPSA) is 49.4 Å². The number of nitrogens with zero attached hydrogens (tertiary/aromatic N) is 1. The first-order chi connectivity index (χ1) is 12.8. The molecule has 0 aliphatic carbocycles. The number of carbonyl (C=O) groups excluding carboxylic acids is 2. The quantitative estimate of drug-likeness (QED) is 0.742. The molecule has 0 radical (unpaired) electrons. The summed E-state index contributed by atoms with van der Waals surface area (Å²) in [6.45, 7) is 4.05. The molecule has 0 unspecified atom stereocenters. The van der Waals surface area contributed by atoms with Crippen LogP contribution in [0.5, 0.6) is 0 Å². The van der Waals surface area contributed by atoms with Crippen molar-refractivity contribution in [2.45, 2.75) is 32.9 Å². The minimum Gasteiger partial charge on any atom is -0.355 e. The molecule has 0 saturated heterocycles. The molecule has 0 aliphatic rings. The molecule has 1 atom stereocenters. The second kappa shape index (κ2) is 9.72. The highest BCUT2D eigenvalue weighted by Crippen LogP contribution is 2.24. The van der Waals surface area contributed by atoms with E-state index in [0.29, 0.717) is 16.6 Å². The molecule has 0 fully saturated rings. The van der Waals surface area contributed by atoms with E-state index < -0.39 is 11.9 Å². The van der Waals surface area contributed by atoms with Crippen molar-refractivity contribution >= 4 is 35.0 Å². The van der Waals surface area contributed by atoms with Crippen LogP contribution in [0.2, 0.25) is 10.0 Å². The Morgan fingerprint density at radius 3 is 2.48 bits per heavy atom. The van der Waals surface area contributed by atoms with Gasteiger partial charge in [-0.3, -0.25) is 9.59 Å². The first kappa shape index (κ1) is 21.2. The van der Waals surface area contributed by atoms with Crippen molar-refractivity contribution in [1.82, 2.24) is 10.2 Å². The number of likely N-dealkylation sites (N-methyl/N-ethyl adjacent to an activating group) is 1. The summed E-state index contributed by atoms with van der Waals surface area (Å²) in [6, 6.07) is 10.4. The van der Waals surface area contributed by atoms with Gasteiger partial charge in [-0.15, -0.1) is 0 Å². The van der Waals surface area contributed by atoms with E-state index in [-0.39, 0.29) is 30.3 Å². The molecule has 2 rings (SSSR count). The lowest BCUT2D eigenvalue weighted by atomic mass is 10.1. The van der Waals surface area contributed by atoms with Gasteiger partial charge in [0.05, 0.1) is 16.5 Å². The fourth-order valence-electron chi connectivity index (χ4n) is 2.65. The van der Waals surface area contributed by atoms with Gasteiger partial charge in [-0.05, 0) is 43.2 Å². The van der Waals surface area contributed by atoms with Gasteiger partial charge >= 0.3 is 0 Å². The molecule has 1 N–H and O–H groups in total. The van der Waals surface area contributed by atoms with Crippen LogP contribution in [0.25, 0.3) is 0 Å². The maximum atomic E-state index is 13.9. The number of benzene rings is 2. The molecule has 0 aliphatic heterocycles. The molecule has 0 bridgehead atoms. The smallest absolute Gasteiger partial charge is 0.242 e. The number of hydrogen-bond donors (Lipinski definition) is 1. The van der Waals surface area contributed by atoms with Crippen LogP contribution < -0.4 is 5.32 Å². The van der Waals surface area contributed by atoms with Crippen molar-refractivity contribution in [3.8, 4) is 0 Å². The van der Waals surface area contributed by atoms with Crippen molar-refractivity contribution in [1.29, 1.82) is 0 Å². The summed E-state index contributed by atoms with van der Waals surface area (Å²) in [5.74, 6) is -1.09. The van der Waals surface area contributed by atoms with Crippen LogP contribution in [0.4, 0.5) is 4.39 Å². The van der Waals surface area contributed by atoms with E-state index in [1.165, 1.54) is 11.0 Å². The molecule has 0 aromatic heterocycles. The number of amides is 2. The molecule has 4 nitrogen and oxygen atoms in total. The molecule has 0 spiro atoms. The number of rotatable bonds is 7. The van der Waals surface area contributed by atoms with Gasteiger partial charge < -0.3 is 10.2 Å². The highest BCUT2D eigenvalue weighted by Gasteiger charge is 2.26. The Balaban J connectivity index is 2.27. The van der Waals surface area contributed by atoms with Crippen LogP contribution >= 0.6 is 23.2 Å². The van der Waals surface area contributed by atoms with E-state index in [4.69, 9.17) is 23.2 Å². The zero-order valence-corrected chi connectivity index (χ0v) is 16.6. The highest BCUT2D eigenvalue weighted by molar-refractivity contribution is 6.42. The van der Waals surface area contributed by atoms with E-state index >= 15 is 0 Å². The average Bonchev–Trinajstić information content (AvgIpc) is 2.64. The standard InChI is InChI=1S/C20H21Cl2FN2O2/c1-3-24-20(27)13(2)25(12-14-8-9-16(21)17(22)10-14)19(26)11-15-6-4-5-7-18(15)23/h4-10,13H,3,11-12H2,1-2H3,(H,24,27)/t13-/m0/s1. The second-order valence-corrected chi connectivity index (χ2v) is 6.92. The van der Waals surface area contributed by atoms with E-state index in [1.54, 1.807) is 50.2 Å². The summed E-state index contributed by atoms with van der Waals surface area (Å²) >= 11 is 12.0. The maximum absolute atomic E-state index is 13.9. The fourth-order valence-corrected chi connectivity index (χ4v) is 2.97. The fraction of sp³-hybridized carbons (Fsp3) is 0.300. The Morgan fingerprint density at radius 1 is 1.15 bits per heavy atom. The van der Waals surface area contributed by atoms with E-state index in [9.17, 15) is 14.0 Å². The minimum absolute atomic E-state index is 0.141. The van der Waals surface area contributed by atoms with Gasteiger partial charge in [-0.1, -0.05) is 47.5 Å². The van der Waals surface area contributed by atoms with Gasteiger partial charge in [0.15, 0.2) is 0 Å². The number of nitrogens with one attached hydrogen (secondary N) is 1. The summed E-state index contributed by atoms with van der Waals surface area (Å²) in [7, 11) is 0. The normalized spacial score (nSPS) is 11.7. The first-order valence-corrected chi connectivity index (χ1v) is 9.33. The molecule has 0 heterocycles. The second-order valence-electron chi connectivity index (χ2n) is 6.11. The molecule has 2 aromatic carbocycles. The third-order valence-corrected chi connectivity index (χ3v) is 4.89. The molecule has 2 aromatic rings. The SMILES string of the molecule is CCNC(=O)[C@H](C)N(Cc1ccc(Cl)c(Cl)c1)C(=O)Cc1ccccc1F. The van der Waals surface area contributed by atoms with Gasteiger partial charge in [0.1, 0.15) is 11.9 Å². The molecular weight excluding hydrogens is 390 g/mol. The van der Waals surface area contributed by atoms with Crippen molar-refractivity contribution in [2.24, 2.45) is 0 Å². The summed E-state index contributed by atoms with van der Waals surface area (Å²) in [5.41, 5.74) is 1.01. The lowest BCUT2D eigenvalue weighted by Crippen LogP contribution is -2.48. The Hall–Kier alpha value is -2.11. The molecule has 144 valence electrons. The highest BCUT2D eigenvalue weighted by atomic mass is 35.5. The summed E-state index contributed by atoms with van der Waals surface area (Å²) < 4.78 is 13.9. The Kier molecular flexibility index (Phi) is 7.63. The van der Waals surface area contributed by atoms with Crippen molar-refractivity contribution < 1.29 is 14.0 Å². The average molecular weight is 411 g/mol. The van der Waals surface area contributed by atoms with Crippen LogP contribution in [-0.4, -0.2) is 29.3 Å². The molecule has 27 heavy (non-hydrogen) atoms. The van der Waals surface area contributed by atoms with Gasteiger partial charge in [0, 0.05) is 13.1 Å². The largest absolute Gasteiger partial charge is 0.355 e. The Bertz CT molecular complexity index is 829. The molecule has 0 saturated carbocycles. The van der Waals surface area contributed by atoms with Gasteiger partial charge in [-0.25, -0.2) is 4.39 Å². The lowest BCUT2D eigenvalue weighted by molar-refractivity contribution is -0.140. The van der Waals surface area contributed by atoms with Crippen LogP contribution in [0, 0.1) is 5.82 Å². The van der Waals surface area contributed by atoms with Gasteiger partial charge in [0.2, 0.25) is 11.8 Å². The molecule has 7 heteroatoms. The minimum atomic E-state index is -0.723. The number of halogens is 3. The van der Waals surface area contributed by atoms with Crippen molar-refractivity contribution in [3.63, 3.8) is 0 Å². The van der Waals surface area contributed by atoms with Gasteiger partial charge in [-0.2, -0.15) is 0 Å². The first-order valence-electron chi connectivity index (χ1n) is 8.58. The predicted octanol–water partition coefficient (Wildman–Crippen LogP) is 4.23. The maximum Gasteiger partial charge on any atom is 0.242 e. The van der Waals surface area contributed by atoms with Crippen LogP contribution in [0.15, 0.2) is 42.5 Å². The van der Waals surface area contributed by atoms with Gasteiger partial charge in [0.25, 0.3) is 0 Å². The van der Waals surface area contributed by atoms with E-state index in [1.807, 2.05) is 0 Å². The zero-order chi connectivity index (χ0) is 20.0.